The van der Waals surface area contributed by atoms with Crippen LogP contribution in [0.2, 0.25) is 5.02 Å². The second-order valence-electron chi connectivity index (χ2n) is 4.24. The maximum Gasteiger partial charge on any atom is 0.271 e. The highest BCUT2D eigenvalue weighted by Gasteiger charge is 2.17. The second-order valence-corrected chi connectivity index (χ2v) is 7.49. The van der Waals surface area contributed by atoms with Crippen molar-refractivity contribution in [1.82, 2.24) is 10.2 Å². The minimum atomic E-state index is -3.61. The Kier molecular flexibility index (Phi) is 3.71. The molecule has 2 aromatic heterocycles. The molecule has 5 nitrogen and oxygen atoms in total. The number of nitrogens with one attached hydrogen (secondary N) is 2. The van der Waals surface area contributed by atoms with E-state index in [2.05, 4.69) is 14.9 Å². The van der Waals surface area contributed by atoms with Gasteiger partial charge < -0.3 is 0 Å². The number of anilines is 1. The molecule has 0 saturated heterocycles. The van der Waals surface area contributed by atoms with Crippen molar-refractivity contribution in [1.29, 1.82) is 0 Å². The standard InChI is InChI=1S/C13H10ClN3O2S2/c14-10-1-3-11(4-2-10)17-21(18,19)13-7-9(8-20-13)12-5-6-15-16-12/h1-8,17H,(H,15,16). The van der Waals surface area contributed by atoms with Crippen LogP contribution in [0.15, 0.2) is 52.2 Å². The fourth-order valence-electron chi connectivity index (χ4n) is 1.74. The van der Waals surface area contributed by atoms with E-state index in [1.165, 1.54) is 0 Å². The van der Waals surface area contributed by atoms with Crippen molar-refractivity contribution in [2.24, 2.45) is 0 Å². The Hall–Kier alpha value is -1.83. The fraction of sp³-hybridized carbons (Fsp3) is 0. The molecule has 0 unspecified atom stereocenters. The Bertz CT molecular complexity index is 840. The van der Waals surface area contributed by atoms with Crippen LogP contribution in [0.5, 0.6) is 0 Å². The zero-order chi connectivity index (χ0) is 14.9. The molecule has 8 heteroatoms. The third kappa shape index (κ3) is 3.10. The Balaban J connectivity index is 1.87. The number of hydrogen-bond donors (Lipinski definition) is 2. The monoisotopic (exact) mass is 339 g/mol. The van der Waals surface area contributed by atoms with Crippen molar-refractivity contribution >= 4 is 38.6 Å². The molecule has 0 aliphatic carbocycles. The number of aromatic nitrogens is 2. The minimum Gasteiger partial charge on any atom is -0.279 e. The Morgan fingerprint density at radius 2 is 1.95 bits per heavy atom. The summed E-state index contributed by atoms with van der Waals surface area (Å²) in [5.74, 6) is 0. The van der Waals surface area contributed by atoms with Gasteiger partial charge in [-0.15, -0.1) is 11.3 Å². The van der Waals surface area contributed by atoms with Crippen molar-refractivity contribution < 1.29 is 8.42 Å². The Morgan fingerprint density at radius 1 is 1.19 bits per heavy atom. The highest BCUT2D eigenvalue weighted by Crippen LogP contribution is 2.28. The summed E-state index contributed by atoms with van der Waals surface area (Å²) in [5.41, 5.74) is 2.03. The molecule has 2 N–H and O–H groups in total. The van der Waals surface area contributed by atoms with Gasteiger partial charge in [0.1, 0.15) is 4.21 Å². The number of sulfonamides is 1. The van der Waals surface area contributed by atoms with Gasteiger partial charge in [0.25, 0.3) is 10.0 Å². The molecular formula is C13H10ClN3O2S2. The summed E-state index contributed by atoms with van der Waals surface area (Å²) < 4.78 is 27.4. The first kappa shape index (κ1) is 14.1. The third-order valence-electron chi connectivity index (χ3n) is 2.75. The van der Waals surface area contributed by atoms with Gasteiger partial charge in [0.15, 0.2) is 0 Å². The smallest absolute Gasteiger partial charge is 0.271 e. The molecule has 0 saturated carbocycles. The van der Waals surface area contributed by atoms with E-state index in [0.29, 0.717) is 10.7 Å². The summed E-state index contributed by atoms with van der Waals surface area (Å²) in [6, 6.07) is 9.88. The maximum absolute atomic E-state index is 12.3. The SMILES string of the molecule is O=S(=O)(Nc1ccc(Cl)cc1)c1cc(-c2ccn[nH]2)cs1. The van der Waals surface area contributed by atoms with Crippen LogP contribution in [0.1, 0.15) is 0 Å². The van der Waals surface area contributed by atoms with Crippen LogP contribution in [0, 0.1) is 0 Å². The van der Waals surface area contributed by atoms with Crippen LogP contribution in [-0.4, -0.2) is 18.6 Å². The van der Waals surface area contributed by atoms with Crippen LogP contribution in [0.4, 0.5) is 5.69 Å². The first-order valence-corrected chi connectivity index (χ1v) is 8.65. The number of halogens is 1. The lowest BCUT2D eigenvalue weighted by atomic mass is 10.2. The van der Waals surface area contributed by atoms with E-state index in [1.807, 2.05) is 0 Å². The molecular weight excluding hydrogens is 330 g/mol. The largest absolute Gasteiger partial charge is 0.279 e. The molecule has 3 rings (SSSR count). The molecule has 0 atom stereocenters. The van der Waals surface area contributed by atoms with Gasteiger partial charge in [-0.2, -0.15) is 5.10 Å². The average Bonchev–Trinajstić information content (AvgIpc) is 3.11. The summed E-state index contributed by atoms with van der Waals surface area (Å²) in [7, 11) is -3.61. The van der Waals surface area contributed by atoms with Crippen LogP contribution < -0.4 is 4.72 Å². The second kappa shape index (κ2) is 5.51. The van der Waals surface area contributed by atoms with Gasteiger partial charge in [-0.1, -0.05) is 11.6 Å². The molecule has 0 radical (unpaired) electrons. The van der Waals surface area contributed by atoms with Crippen molar-refractivity contribution in [3.8, 4) is 11.3 Å². The molecule has 21 heavy (non-hydrogen) atoms. The third-order valence-corrected chi connectivity index (χ3v) is 5.82. The zero-order valence-corrected chi connectivity index (χ0v) is 13.0. The Morgan fingerprint density at radius 3 is 2.62 bits per heavy atom. The van der Waals surface area contributed by atoms with Crippen molar-refractivity contribution in [3.05, 3.63) is 53.0 Å². The fourth-order valence-corrected chi connectivity index (χ4v) is 4.10. The number of nitrogens with zero attached hydrogens (tertiary/aromatic N) is 1. The van der Waals surface area contributed by atoms with E-state index >= 15 is 0 Å². The number of H-pyrrole nitrogens is 1. The maximum atomic E-state index is 12.3. The summed E-state index contributed by atoms with van der Waals surface area (Å²) in [5, 5.41) is 8.97. The number of benzene rings is 1. The van der Waals surface area contributed by atoms with Crippen LogP contribution in [-0.2, 0) is 10.0 Å². The zero-order valence-electron chi connectivity index (χ0n) is 10.6. The number of rotatable bonds is 4. The molecule has 2 heterocycles. The highest BCUT2D eigenvalue weighted by molar-refractivity contribution is 7.94. The molecule has 0 amide bonds. The van der Waals surface area contributed by atoms with Crippen molar-refractivity contribution in [3.63, 3.8) is 0 Å². The van der Waals surface area contributed by atoms with Crippen LogP contribution in [0.3, 0.4) is 0 Å². The lowest BCUT2D eigenvalue weighted by Gasteiger charge is -2.05. The molecule has 0 fully saturated rings. The molecule has 108 valence electrons. The normalized spacial score (nSPS) is 11.5. The highest BCUT2D eigenvalue weighted by atomic mass is 35.5. The van der Waals surface area contributed by atoms with Crippen LogP contribution >= 0.6 is 22.9 Å². The molecule has 0 spiro atoms. The topological polar surface area (TPSA) is 74.8 Å². The van der Waals surface area contributed by atoms with E-state index in [4.69, 9.17) is 11.6 Å². The predicted octanol–water partition coefficient (Wildman–Crippen LogP) is 3.59. The lowest BCUT2D eigenvalue weighted by molar-refractivity contribution is 0.603. The van der Waals surface area contributed by atoms with Crippen molar-refractivity contribution in [2.45, 2.75) is 4.21 Å². The van der Waals surface area contributed by atoms with E-state index in [0.717, 1.165) is 22.6 Å². The summed E-state index contributed by atoms with van der Waals surface area (Å²) in [6.07, 6.45) is 1.62. The van der Waals surface area contributed by atoms with E-state index in [9.17, 15) is 8.42 Å². The van der Waals surface area contributed by atoms with Crippen LogP contribution in [0.25, 0.3) is 11.3 Å². The van der Waals surface area contributed by atoms with Gasteiger partial charge in [0, 0.05) is 27.9 Å². The number of hydrogen-bond acceptors (Lipinski definition) is 4. The first-order chi connectivity index (χ1) is 10.0. The van der Waals surface area contributed by atoms with Gasteiger partial charge in [-0.25, -0.2) is 8.42 Å². The lowest BCUT2D eigenvalue weighted by Crippen LogP contribution is -2.11. The van der Waals surface area contributed by atoms with E-state index < -0.39 is 10.0 Å². The quantitative estimate of drug-likeness (QED) is 0.762. The number of aromatic amines is 1. The van der Waals surface area contributed by atoms with Gasteiger partial charge >= 0.3 is 0 Å². The minimum absolute atomic E-state index is 0.238. The van der Waals surface area contributed by atoms with Crippen molar-refractivity contribution in [2.75, 3.05) is 4.72 Å². The number of thiophene rings is 1. The van der Waals surface area contributed by atoms with E-state index in [1.54, 1.807) is 48.0 Å². The molecule has 0 bridgehead atoms. The van der Waals surface area contributed by atoms with E-state index in [-0.39, 0.29) is 4.21 Å². The van der Waals surface area contributed by atoms with Gasteiger partial charge in [-0.3, -0.25) is 9.82 Å². The molecule has 0 aliphatic rings. The molecule has 1 aromatic carbocycles. The first-order valence-electron chi connectivity index (χ1n) is 5.91. The summed E-state index contributed by atoms with van der Waals surface area (Å²) in [4.78, 5) is 0. The van der Waals surface area contributed by atoms with Gasteiger partial charge in [-0.05, 0) is 36.4 Å². The molecule has 0 aliphatic heterocycles. The van der Waals surface area contributed by atoms with Gasteiger partial charge in [0.2, 0.25) is 0 Å². The summed E-state index contributed by atoms with van der Waals surface area (Å²) >= 11 is 6.93. The van der Waals surface area contributed by atoms with Gasteiger partial charge in [0.05, 0.1) is 5.69 Å². The Labute approximate surface area is 130 Å². The predicted molar refractivity (Wildman–Crippen MR) is 84.2 cm³/mol. The molecule has 3 aromatic rings. The summed E-state index contributed by atoms with van der Waals surface area (Å²) in [6.45, 7) is 0. The average molecular weight is 340 g/mol.